The molecule has 0 saturated carbocycles. The highest BCUT2D eigenvalue weighted by Gasteiger charge is 2.50. The van der Waals surface area contributed by atoms with Crippen molar-refractivity contribution in [2.45, 2.75) is 63.6 Å². The predicted molar refractivity (Wildman–Crippen MR) is 107 cm³/mol. The Kier molecular flexibility index (Phi) is 5.78. The Hall–Kier alpha value is -0.200. The normalized spacial score (nSPS) is 27.3. The maximum absolute atomic E-state index is 11.9. The minimum Gasteiger partial charge on any atom is -1.00 e. The maximum atomic E-state index is 11.9. The molecule has 2 aliphatic heterocycles. The third-order valence-corrected chi connectivity index (χ3v) is 9.11. The van der Waals surface area contributed by atoms with E-state index in [1.807, 2.05) is 0 Å². The lowest BCUT2D eigenvalue weighted by molar-refractivity contribution is -0.931. The number of halogens is 1. The average molecular weight is 457 g/mol. The van der Waals surface area contributed by atoms with Crippen LogP contribution in [0.2, 0.25) is 0 Å². The summed E-state index contributed by atoms with van der Waals surface area (Å²) in [5, 5.41) is 11.9. The van der Waals surface area contributed by atoms with Gasteiger partial charge in [0.15, 0.2) is 0 Å². The molecule has 0 radical (unpaired) electrons. The fraction of sp³-hybridized carbons (Fsp3) is 0.619. The lowest BCUT2D eigenvalue weighted by Crippen LogP contribution is -3.00. The molecule has 0 aromatic carbocycles. The average Bonchev–Trinajstić information content (AvgIpc) is 3.18. The first kappa shape index (κ1) is 20.5. The molecule has 1 N–H and O–H groups in total. The summed E-state index contributed by atoms with van der Waals surface area (Å²) in [7, 11) is 4.83. The van der Waals surface area contributed by atoms with E-state index in [-0.39, 0.29) is 17.0 Å². The molecule has 4 heterocycles. The number of thiophene rings is 2. The molecule has 2 bridgehead atoms. The Morgan fingerprint density at radius 1 is 0.962 bits per heavy atom. The van der Waals surface area contributed by atoms with E-state index in [4.69, 9.17) is 0 Å². The zero-order valence-corrected chi connectivity index (χ0v) is 19.4. The van der Waals surface area contributed by atoms with E-state index in [9.17, 15) is 5.11 Å². The van der Waals surface area contributed by atoms with Gasteiger partial charge in [-0.05, 0) is 50.5 Å². The second-order valence-corrected chi connectivity index (χ2v) is 11.3. The topological polar surface area (TPSA) is 20.2 Å². The molecule has 4 rings (SSSR count). The molecule has 26 heavy (non-hydrogen) atoms. The lowest BCUT2D eigenvalue weighted by atomic mass is 9.79. The highest BCUT2D eigenvalue weighted by molar-refractivity contribution is 7.13. The van der Waals surface area contributed by atoms with Gasteiger partial charge in [0.25, 0.3) is 0 Å². The van der Waals surface area contributed by atoms with E-state index < -0.39 is 5.60 Å². The van der Waals surface area contributed by atoms with Crippen molar-refractivity contribution in [1.29, 1.82) is 0 Å². The van der Waals surface area contributed by atoms with Crippen molar-refractivity contribution in [3.05, 3.63) is 43.8 Å². The molecule has 0 unspecified atom stereocenters. The molecule has 2 aliphatic rings. The fourth-order valence-corrected chi connectivity index (χ4v) is 7.24. The van der Waals surface area contributed by atoms with E-state index in [0.717, 1.165) is 28.3 Å². The Labute approximate surface area is 176 Å². The summed E-state index contributed by atoms with van der Waals surface area (Å²) in [5.41, 5.74) is -0.809. The van der Waals surface area contributed by atoms with Gasteiger partial charge in [-0.1, -0.05) is 0 Å². The molecule has 2 fully saturated rings. The van der Waals surface area contributed by atoms with Crippen molar-refractivity contribution in [2.75, 3.05) is 14.1 Å². The third-order valence-electron chi connectivity index (χ3n) is 6.81. The van der Waals surface area contributed by atoms with Gasteiger partial charge < -0.3 is 26.6 Å². The molecule has 2 aromatic rings. The maximum Gasteiger partial charge on any atom is 0.133 e. The van der Waals surface area contributed by atoms with Crippen LogP contribution in [0.25, 0.3) is 0 Å². The Bertz CT molecular complexity index is 709. The SMILES string of the molecule is Cc1ccc(C(O)(C[C@H]2C[C@H]3CC[C@@H](C2)[N+]3(C)C)c2ccc(C)s2)s1.[Br-]. The summed E-state index contributed by atoms with van der Waals surface area (Å²) in [6.45, 7) is 4.27. The van der Waals surface area contributed by atoms with Gasteiger partial charge in [-0.15, -0.1) is 22.7 Å². The molecule has 2 nitrogen and oxygen atoms in total. The first-order valence-corrected chi connectivity index (χ1v) is 11.1. The number of aryl methyl sites for hydroxylation is 2. The van der Waals surface area contributed by atoms with E-state index in [2.05, 4.69) is 52.2 Å². The Morgan fingerprint density at radius 3 is 1.81 bits per heavy atom. The highest BCUT2D eigenvalue weighted by Crippen LogP contribution is 2.49. The second-order valence-electron chi connectivity index (χ2n) is 8.74. The van der Waals surface area contributed by atoms with Gasteiger partial charge in [0, 0.05) is 45.2 Å². The van der Waals surface area contributed by atoms with E-state index in [1.165, 1.54) is 39.9 Å². The molecule has 2 aromatic heterocycles. The van der Waals surface area contributed by atoms with Gasteiger partial charge in [-0.25, -0.2) is 0 Å². The van der Waals surface area contributed by atoms with Crippen molar-refractivity contribution in [2.24, 2.45) is 5.92 Å². The fourth-order valence-electron chi connectivity index (χ4n) is 5.21. The van der Waals surface area contributed by atoms with Gasteiger partial charge in [0.1, 0.15) is 5.60 Å². The lowest BCUT2D eigenvalue weighted by Gasteiger charge is -2.45. The van der Waals surface area contributed by atoms with Crippen LogP contribution in [0.1, 0.15) is 51.6 Å². The van der Waals surface area contributed by atoms with Gasteiger partial charge in [-0.2, -0.15) is 0 Å². The van der Waals surface area contributed by atoms with Crippen LogP contribution in [0.4, 0.5) is 0 Å². The number of hydrogen-bond donors (Lipinski definition) is 1. The summed E-state index contributed by atoms with van der Waals surface area (Å²) in [6, 6.07) is 10.1. The number of hydrogen-bond acceptors (Lipinski definition) is 3. The summed E-state index contributed by atoms with van der Waals surface area (Å²) in [6.07, 6.45) is 6.13. The van der Waals surface area contributed by atoms with Gasteiger partial charge in [0.2, 0.25) is 0 Å². The molecule has 0 spiro atoms. The van der Waals surface area contributed by atoms with E-state index in [1.54, 1.807) is 22.7 Å². The predicted octanol–water partition coefficient (Wildman–Crippen LogP) is 2.07. The molecular weight excluding hydrogens is 426 g/mol. The van der Waals surface area contributed by atoms with Crippen LogP contribution in [0, 0.1) is 19.8 Å². The van der Waals surface area contributed by atoms with Crippen LogP contribution in [-0.4, -0.2) is 35.8 Å². The first-order valence-electron chi connectivity index (χ1n) is 9.48. The number of fused-ring (bicyclic) bond motifs is 2. The highest BCUT2D eigenvalue weighted by atomic mass is 79.9. The van der Waals surface area contributed by atoms with Crippen molar-refractivity contribution in [3.63, 3.8) is 0 Å². The zero-order valence-electron chi connectivity index (χ0n) is 16.2. The van der Waals surface area contributed by atoms with Crippen LogP contribution in [0.3, 0.4) is 0 Å². The van der Waals surface area contributed by atoms with Crippen molar-refractivity contribution in [1.82, 2.24) is 0 Å². The molecular formula is C21H30BrNOS2. The molecule has 2 saturated heterocycles. The Balaban J connectivity index is 0.00000196. The Morgan fingerprint density at radius 2 is 1.42 bits per heavy atom. The van der Waals surface area contributed by atoms with Crippen molar-refractivity contribution >= 4 is 22.7 Å². The number of aliphatic hydroxyl groups is 1. The summed E-state index contributed by atoms with van der Waals surface area (Å²) < 4.78 is 1.20. The second kappa shape index (κ2) is 7.32. The number of nitrogens with zero attached hydrogens (tertiary/aromatic N) is 1. The molecule has 144 valence electrons. The largest absolute Gasteiger partial charge is 1.00 e. The summed E-state index contributed by atoms with van der Waals surface area (Å²) >= 11 is 3.51. The summed E-state index contributed by atoms with van der Waals surface area (Å²) in [4.78, 5) is 4.81. The van der Waals surface area contributed by atoms with Crippen molar-refractivity contribution < 1.29 is 26.6 Å². The van der Waals surface area contributed by atoms with Crippen molar-refractivity contribution in [3.8, 4) is 0 Å². The van der Waals surface area contributed by atoms with Gasteiger partial charge >= 0.3 is 0 Å². The van der Waals surface area contributed by atoms with Crippen LogP contribution in [0.15, 0.2) is 24.3 Å². The van der Waals surface area contributed by atoms with E-state index >= 15 is 0 Å². The third kappa shape index (κ3) is 3.46. The minimum absolute atomic E-state index is 0. The smallest absolute Gasteiger partial charge is 0.133 e. The quantitative estimate of drug-likeness (QED) is 0.699. The zero-order chi connectivity index (χ0) is 17.8. The molecule has 0 amide bonds. The monoisotopic (exact) mass is 455 g/mol. The standard InChI is InChI=1S/C21H30NOS2.BrH/c1-14-5-9-19(24-14)21(23,20-10-6-15(2)25-20)13-16-11-17-7-8-18(12-16)22(17,3)4;/h5-6,9-10,16-18,23H,7-8,11-13H2,1-4H3;1H/q+1;/p-1/t16-,17+,18-;. The van der Waals surface area contributed by atoms with Gasteiger partial charge in [0.05, 0.1) is 26.2 Å². The molecule has 5 heteroatoms. The van der Waals surface area contributed by atoms with Crippen LogP contribution < -0.4 is 17.0 Å². The minimum atomic E-state index is -0.809. The first-order chi connectivity index (χ1) is 11.8. The van der Waals surface area contributed by atoms with Gasteiger partial charge in [-0.3, -0.25) is 0 Å². The number of piperidine rings is 1. The number of quaternary nitrogens is 1. The molecule has 3 atom stereocenters. The van der Waals surface area contributed by atoms with Crippen LogP contribution in [-0.2, 0) is 5.60 Å². The van der Waals surface area contributed by atoms with E-state index in [0.29, 0.717) is 5.92 Å². The van der Waals surface area contributed by atoms with Crippen LogP contribution >= 0.6 is 22.7 Å². The summed E-state index contributed by atoms with van der Waals surface area (Å²) in [5.74, 6) is 0.624. The molecule has 0 aliphatic carbocycles. The van der Waals surface area contributed by atoms with Crippen LogP contribution in [0.5, 0.6) is 0 Å². The number of rotatable bonds is 4.